The maximum absolute atomic E-state index is 13.6. The molecule has 0 bridgehead atoms. The van der Waals surface area contributed by atoms with Gasteiger partial charge in [0.1, 0.15) is 10.5 Å². The van der Waals surface area contributed by atoms with Crippen molar-refractivity contribution in [3.63, 3.8) is 0 Å². The summed E-state index contributed by atoms with van der Waals surface area (Å²) in [7, 11) is -2.71. The fraction of sp³-hybridized carbons (Fsp3) is 0.348. The molecule has 1 N–H and O–H groups in total. The van der Waals surface area contributed by atoms with Gasteiger partial charge in [0.05, 0.1) is 28.9 Å². The summed E-state index contributed by atoms with van der Waals surface area (Å²) in [6.07, 6.45) is 3.79. The number of esters is 1. The number of hydrogen-bond acceptors (Lipinski definition) is 8. The van der Waals surface area contributed by atoms with Gasteiger partial charge in [-0.15, -0.1) is 10.2 Å². The van der Waals surface area contributed by atoms with Crippen LogP contribution in [0.15, 0.2) is 46.8 Å². The van der Waals surface area contributed by atoms with Gasteiger partial charge in [-0.3, -0.25) is 4.72 Å². The summed E-state index contributed by atoms with van der Waals surface area (Å²) in [5.74, 6) is -0.582. The number of methoxy groups -OCH3 is 1. The first-order valence-electron chi connectivity index (χ1n) is 10.8. The third kappa shape index (κ3) is 5.01. The molecule has 1 aliphatic rings. The number of rotatable bonds is 7. The lowest BCUT2D eigenvalue weighted by molar-refractivity contribution is 0.0600. The van der Waals surface area contributed by atoms with Crippen LogP contribution in [0.3, 0.4) is 0 Å². The van der Waals surface area contributed by atoms with Gasteiger partial charge in [0.15, 0.2) is 0 Å². The molecule has 1 aliphatic heterocycles. The largest absolute Gasteiger partial charge is 0.465 e. The van der Waals surface area contributed by atoms with Crippen molar-refractivity contribution in [3.05, 3.63) is 53.0 Å². The number of piperidine rings is 1. The number of hydrogen-bond donors (Lipinski definition) is 1. The van der Waals surface area contributed by atoms with Crippen molar-refractivity contribution in [2.45, 2.75) is 37.5 Å². The number of aromatic nitrogens is 2. The lowest BCUT2D eigenvalue weighted by Gasteiger charge is -2.31. The Hall–Kier alpha value is -2.98. The van der Waals surface area contributed by atoms with Crippen LogP contribution >= 0.6 is 11.3 Å². The fourth-order valence-corrected chi connectivity index (χ4v) is 5.96. The molecular formula is C23H26N4O4S2. The van der Waals surface area contributed by atoms with Gasteiger partial charge >= 0.3 is 5.97 Å². The van der Waals surface area contributed by atoms with Crippen LogP contribution in [0.4, 0.5) is 11.4 Å². The van der Waals surface area contributed by atoms with Gasteiger partial charge in [0, 0.05) is 18.7 Å². The number of anilines is 2. The summed E-state index contributed by atoms with van der Waals surface area (Å²) < 4.78 is 34.7. The summed E-state index contributed by atoms with van der Waals surface area (Å²) in [5, 5.41) is 8.72. The van der Waals surface area contributed by atoms with Gasteiger partial charge in [-0.25, -0.2) is 13.2 Å². The van der Waals surface area contributed by atoms with E-state index in [1.165, 1.54) is 30.9 Å². The zero-order chi connectivity index (χ0) is 23.4. The molecule has 0 unspecified atom stereocenters. The first-order valence-corrected chi connectivity index (χ1v) is 13.2. The number of carbonyl (C=O) groups excluding carboxylic acids is 1. The number of nitrogens with one attached hydrogen (secondary N) is 1. The standard InChI is InChI=1S/C23H26N4O4S2/c1-3-16-7-8-18(23(28)31-2)14-21(16)33(29,30)26-19-13-17(22-25-24-15-32-22)9-10-20(19)27-11-5-4-6-12-27/h7-10,13-15,26H,3-6,11-12H2,1-2H3. The molecule has 33 heavy (non-hydrogen) atoms. The van der Waals surface area contributed by atoms with Crippen LogP contribution < -0.4 is 9.62 Å². The molecule has 3 aromatic rings. The van der Waals surface area contributed by atoms with Gasteiger partial charge in [-0.2, -0.15) is 0 Å². The summed E-state index contributed by atoms with van der Waals surface area (Å²) >= 11 is 1.39. The van der Waals surface area contributed by atoms with Crippen LogP contribution in [0.2, 0.25) is 0 Å². The van der Waals surface area contributed by atoms with Gasteiger partial charge in [-0.1, -0.05) is 24.3 Å². The third-order valence-electron chi connectivity index (χ3n) is 5.70. The number of aryl methyl sites for hydroxylation is 1. The third-order valence-corrected chi connectivity index (χ3v) is 7.89. The Balaban J connectivity index is 1.78. The summed E-state index contributed by atoms with van der Waals surface area (Å²) in [5.41, 5.74) is 4.55. The molecule has 0 radical (unpaired) electrons. The van der Waals surface area contributed by atoms with Crippen molar-refractivity contribution < 1.29 is 17.9 Å². The molecular weight excluding hydrogens is 460 g/mol. The molecule has 4 rings (SSSR count). The Labute approximate surface area is 197 Å². The lowest BCUT2D eigenvalue weighted by atomic mass is 10.1. The average Bonchev–Trinajstić information content (AvgIpc) is 3.38. The normalized spacial score (nSPS) is 14.2. The van der Waals surface area contributed by atoms with Crippen LogP contribution in [0.1, 0.15) is 42.1 Å². The highest BCUT2D eigenvalue weighted by atomic mass is 32.2. The van der Waals surface area contributed by atoms with E-state index in [-0.39, 0.29) is 10.5 Å². The number of nitrogens with zero attached hydrogens (tertiary/aromatic N) is 3. The summed E-state index contributed by atoms with van der Waals surface area (Å²) in [4.78, 5) is 14.3. The average molecular weight is 487 g/mol. The van der Waals surface area contributed by atoms with Crippen LogP contribution in [-0.4, -0.2) is 44.8 Å². The Morgan fingerprint density at radius 3 is 2.61 bits per heavy atom. The quantitative estimate of drug-likeness (QED) is 0.496. The molecule has 0 spiro atoms. The van der Waals surface area contributed by atoms with E-state index < -0.39 is 16.0 Å². The second-order valence-electron chi connectivity index (χ2n) is 7.80. The topological polar surface area (TPSA) is 101 Å². The van der Waals surface area contributed by atoms with Gasteiger partial charge in [0.25, 0.3) is 10.0 Å². The van der Waals surface area contributed by atoms with Gasteiger partial charge in [0.2, 0.25) is 0 Å². The maximum atomic E-state index is 13.6. The zero-order valence-corrected chi connectivity index (χ0v) is 20.2. The molecule has 1 fully saturated rings. The number of benzene rings is 2. The molecule has 174 valence electrons. The molecule has 0 saturated carbocycles. The van der Waals surface area contributed by atoms with E-state index in [9.17, 15) is 13.2 Å². The smallest absolute Gasteiger partial charge is 0.337 e. The molecule has 10 heteroatoms. The number of ether oxygens (including phenoxy) is 1. The first kappa shape index (κ1) is 23.2. The molecule has 1 aromatic heterocycles. The molecule has 2 aromatic carbocycles. The highest BCUT2D eigenvalue weighted by molar-refractivity contribution is 7.92. The van der Waals surface area contributed by atoms with Gasteiger partial charge < -0.3 is 9.64 Å². The van der Waals surface area contributed by atoms with Crippen molar-refractivity contribution in [3.8, 4) is 10.6 Å². The van der Waals surface area contributed by atoms with Crippen LogP contribution in [0.5, 0.6) is 0 Å². The molecule has 2 heterocycles. The predicted molar refractivity (Wildman–Crippen MR) is 129 cm³/mol. The summed E-state index contributed by atoms with van der Waals surface area (Å²) in [6.45, 7) is 3.61. The maximum Gasteiger partial charge on any atom is 0.337 e. The number of sulfonamides is 1. The van der Waals surface area contributed by atoms with Gasteiger partial charge in [-0.05, 0) is 61.6 Å². The van der Waals surface area contributed by atoms with Crippen LogP contribution in [0, 0.1) is 0 Å². The Morgan fingerprint density at radius 1 is 1.15 bits per heavy atom. The second-order valence-corrected chi connectivity index (χ2v) is 10.3. The highest BCUT2D eigenvalue weighted by Crippen LogP contribution is 2.35. The zero-order valence-electron chi connectivity index (χ0n) is 18.6. The highest BCUT2D eigenvalue weighted by Gasteiger charge is 2.24. The minimum Gasteiger partial charge on any atom is -0.465 e. The monoisotopic (exact) mass is 486 g/mol. The predicted octanol–water partition coefficient (Wildman–Crippen LogP) is 4.35. The van der Waals surface area contributed by atoms with Crippen LogP contribution in [0.25, 0.3) is 10.6 Å². The molecule has 0 amide bonds. The van der Waals surface area contributed by atoms with E-state index in [0.717, 1.165) is 37.2 Å². The molecule has 8 nitrogen and oxygen atoms in total. The first-order chi connectivity index (χ1) is 15.9. The second kappa shape index (κ2) is 9.88. The fourth-order valence-electron chi connectivity index (χ4n) is 4.00. The Morgan fingerprint density at radius 2 is 1.94 bits per heavy atom. The Bertz CT molecular complexity index is 1240. The molecule has 0 aliphatic carbocycles. The SMILES string of the molecule is CCc1ccc(C(=O)OC)cc1S(=O)(=O)Nc1cc(-c2nncs2)ccc1N1CCCCC1. The van der Waals surface area contributed by atoms with E-state index in [0.29, 0.717) is 22.7 Å². The minimum absolute atomic E-state index is 0.0683. The molecule has 1 saturated heterocycles. The van der Waals surface area contributed by atoms with Crippen molar-refractivity contribution in [1.82, 2.24) is 10.2 Å². The minimum atomic E-state index is -3.98. The van der Waals surface area contributed by atoms with Crippen molar-refractivity contribution in [2.75, 3.05) is 29.8 Å². The lowest BCUT2D eigenvalue weighted by Crippen LogP contribution is -2.30. The van der Waals surface area contributed by atoms with E-state index in [2.05, 4.69) is 19.8 Å². The van der Waals surface area contributed by atoms with E-state index >= 15 is 0 Å². The van der Waals surface area contributed by atoms with Crippen LogP contribution in [-0.2, 0) is 21.2 Å². The molecule has 0 atom stereocenters. The number of carbonyl (C=O) groups is 1. The summed E-state index contributed by atoms with van der Waals surface area (Å²) in [6, 6.07) is 10.3. The van der Waals surface area contributed by atoms with E-state index in [1.54, 1.807) is 23.7 Å². The van der Waals surface area contributed by atoms with Crippen molar-refractivity contribution >= 4 is 38.7 Å². The van der Waals surface area contributed by atoms with E-state index in [1.807, 2.05) is 19.1 Å². The van der Waals surface area contributed by atoms with Crippen molar-refractivity contribution in [1.29, 1.82) is 0 Å². The van der Waals surface area contributed by atoms with E-state index in [4.69, 9.17) is 4.74 Å². The Kier molecular flexibility index (Phi) is 6.94. The van der Waals surface area contributed by atoms with Crippen molar-refractivity contribution in [2.24, 2.45) is 0 Å².